The Hall–Kier alpha value is -2.30. The summed E-state index contributed by atoms with van der Waals surface area (Å²) in [6.45, 7) is 4.16. The number of piperidine rings is 1. The Balaban J connectivity index is 2.10. The standard InChI is InChI=1S/C17H21NO4/c1-2-10-17(15(19)20)11-6-7-12-18(17)16(21)22-13-14-8-4-3-5-9-14/h2-5,8-9H,1,6-7,10-13H2,(H,19,20). The highest BCUT2D eigenvalue weighted by atomic mass is 16.6. The normalized spacial score (nSPS) is 21.2. The lowest BCUT2D eigenvalue weighted by molar-refractivity contribution is -0.152. The zero-order valence-electron chi connectivity index (χ0n) is 12.5. The van der Waals surface area contributed by atoms with Gasteiger partial charge in [0.2, 0.25) is 0 Å². The molecular formula is C17H21NO4. The van der Waals surface area contributed by atoms with Crippen molar-refractivity contribution < 1.29 is 19.4 Å². The third-order valence-corrected chi connectivity index (χ3v) is 4.04. The van der Waals surface area contributed by atoms with Crippen LogP contribution in [0.1, 0.15) is 31.2 Å². The quantitative estimate of drug-likeness (QED) is 0.848. The maximum absolute atomic E-state index is 12.4. The highest BCUT2D eigenvalue weighted by molar-refractivity contribution is 5.85. The van der Waals surface area contributed by atoms with Crippen molar-refractivity contribution in [3.63, 3.8) is 0 Å². The van der Waals surface area contributed by atoms with Crippen LogP contribution in [0.2, 0.25) is 0 Å². The number of hydrogen-bond donors (Lipinski definition) is 1. The summed E-state index contributed by atoms with van der Waals surface area (Å²) in [5.41, 5.74) is -0.356. The predicted octanol–water partition coefficient (Wildman–Crippen LogP) is 3.21. The van der Waals surface area contributed by atoms with Gasteiger partial charge in [-0.3, -0.25) is 4.90 Å². The van der Waals surface area contributed by atoms with Gasteiger partial charge in [-0.15, -0.1) is 6.58 Å². The van der Waals surface area contributed by atoms with Gasteiger partial charge in [0.1, 0.15) is 12.1 Å². The zero-order chi connectivity index (χ0) is 16.0. The maximum Gasteiger partial charge on any atom is 0.411 e. The minimum Gasteiger partial charge on any atom is -0.479 e. The van der Waals surface area contributed by atoms with Crippen LogP contribution >= 0.6 is 0 Å². The minimum absolute atomic E-state index is 0.139. The van der Waals surface area contributed by atoms with Gasteiger partial charge in [-0.2, -0.15) is 0 Å². The first kappa shape index (κ1) is 16.1. The van der Waals surface area contributed by atoms with Crippen LogP contribution in [0.4, 0.5) is 4.79 Å². The molecule has 0 saturated carbocycles. The fraction of sp³-hybridized carbons (Fsp3) is 0.412. The topological polar surface area (TPSA) is 66.8 Å². The first-order chi connectivity index (χ1) is 10.6. The summed E-state index contributed by atoms with van der Waals surface area (Å²) in [5.74, 6) is -0.997. The summed E-state index contributed by atoms with van der Waals surface area (Å²) in [4.78, 5) is 25.5. The zero-order valence-corrected chi connectivity index (χ0v) is 12.5. The van der Waals surface area contributed by atoms with Crippen molar-refractivity contribution in [2.24, 2.45) is 0 Å². The summed E-state index contributed by atoms with van der Waals surface area (Å²) in [7, 11) is 0. The fourth-order valence-electron chi connectivity index (χ4n) is 2.86. The average molecular weight is 303 g/mol. The second-order valence-electron chi connectivity index (χ2n) is 5.48. The highest BCUT2D eigenvalue weighted by Crippen LogP contribution is 2.33. The van der Waals surface area contributed by atoms with Crippen molar-refractivity contribution in [3.8, 4) is 0 Å². The molecule has 1 heterocycles. The van der Waals surface area contributed by atoms with Crippen LogP contribution in [-0.2, 0) is 16.1 Å². The summed E-state index contributed by atoms with van der Waals surface area (Å²) in [5, 5.41) is 9.63. The summed E-state index contributed by atoms with van der Waals surface area (Å²) < 4.78 is 5.31. The van der Waals surface area contributed by atoms with Crippen LogP contribution < -0.4 is 0 Å². The first-order valence-corrected chi connectivity index (χ1v) is 7.43. The van der Waals surface area contributed by atoms with Gasteiger partial charge in [0.25, 0.3) is 0 Å². The largest absolute Gasteiger partial charge is 0.479 e. The number of amides is 1. The molecule has 1 aliphatic rings. The number of hydrogen-bond acceptors (Lipinski definition) is 3. The van der Waals surface area contributed by atoms with Gasteiger partial charge in [0.15, 0.2) is 0 Å². The van der Waals surface area contributed by atoms with Crippen LogP contribution in [0, 0.1) is 0 Å². The number of rotatable bonds is 5. The maximum atomic E-state index is 12.4. The van der Waals surface area contributed by atoms with Crippen LogP contribution in [0.3, 0.4) is 0 Å². The van der Waals surface area contributed by atoms with Crippen molar-refractivity contribution in [2.45, 2.75) is 37.8 Å². The molecule has 0 radical (unpaired) electrons. The Kier molecular flexibility index (Phi) is 5.20. The van der Waals surface area contributed by atoms with E-state index in [-0.39, 0.29) is 13.0 Å². The lowest BCUT2D eigenvalue weighted by Crippen LogP contribution is -2.59. The average Bonchev–Trinajstić information content (AvgIpc) is 2.54. The van der Waals surface area contributed by atoms with E-state index in [4.69, 9.17) is 4.74 Å². The third-order valence-electron chi connectivity index (χ3n) is 4.04. The molecule has 1 aromatic rings. The Morgan fingerprint density at radius 3 is 2.68 bits per heavy atom. The van der Waals surface area contributed by atoms with Crippen LogP contribution in [0.15, 0.2) is 43.0 Å². The van der Waals surface area contributed by atoms with E-state index < -0.39 is 17.6 Å². The Morgan fingerprint density at radius 1 is 1.32 bits per heavy atom. The molecule has 1 saturated heterocycles. The number of ether oxygens (including phenoxy) is 1. The fourth-order valence-corrected chi connectivity index (χ4v) is 2.86. The van der Waals surface area contributed by atoms with Gasteiger partial charge in [-0.25, -0.2) is 9.59 Å². The summed E-state index contributed by atoms with van der Waals surface area (Å²) in [6.07, 6.45) is 3.19. The third kappa shape index (κ3) is 3.30. The number of aliphatic carboxylic acids is 1. The SMILES string of the molecule is C=CCC1(C(=O)O)CCCCN1C(=O)OCc1ccccc1. The minimum atomic E-state index is -1.23. The van der Waals surface area contributed by atoms with Gasteiger partial charge < -0.3 is 9.84 Å². The molecule has 2 rings (SSSR count). The number of likely N-dealkylation sites (tertiary alicyclic amines) is 1. The molecule has 0 spiro atoms. The van der Waals surface area contributed by atoms with Crippen LogP contribution in [-0.4, -0.2) is 34.2 Å². The molecule has 0 aromatic heterocycles. The Morgan fingerprint density at radius 2 is 2.05 bits per heavy atom. The molecule has 1 fully saturated rings. The van der Waals surface area contributed by atoms with Gasteiger partial charge >= 0.3 is 12.1 Å². The van der Waals surface area contributed by atoms with E-state index in [1.807, 2.05) is 30.3 Å². The summed E-state index contributed by atoms with van der Waals surface area (Å²) in [6, 6.07) is 9.33. The van der Waals surface area contributed by atoms with E-state index in [1.54, 1.807) is 6.08 Å². The van der Waals surface area contributed by atoms with Crippen molar-refractivity contribution in [3.05, 3.63) is 48.6 Å². The second kappa shape index (κ2) is 7.11. The molecule has 1 N–H and O–H groups in total. The molecule has 118 valence electrons. The van der Waals surface area contributed by atoms with Gasteiger partial charge in [0, 0.05) is 6.54 Å². The van der Waals surface area contributed by atoms with E-state index in [2.05, 4.69) is 6.58 Å². The number of carbonyl (C=O) groups is 2. The van der Waals surface area contributed by atoms with Crippen molar-refractivity contribution in [1.82, 2.24) is 4.90 Å². The van der Waals surface area contributed by atoms with Gasteiger partial charge in [-0.05, 0) is 31.2 Å². The molecule has 1 unspecified atom stereocenters. The molecule has 5 nitrogen and oxygen atoms in total. The van der Waals surface area contributed by atoms with E-state index in [1.165, 1.54) is 4.90 Å². The second-order valence-corrected chi connectivity index (χ2v) is 5.48. The smallest absolute Gasteiger partial charge is 0.411 e. The molecule has 22 heavy (non-hydrogen) atoms. The van der Waals surface area contributed by atoms with E-state index >= 15 is 0 Å². The van der Waals surface area contributed by atoms with Crippen molar-refractivity contribution in [2.75, 3.05) is 6.54 Å². The molecule has 1 aliphatic heterocycles. The number of nitrogens with zero attached hydrogens (tertiary/aromatic N) is 1. The molecule has 0 aliphatic carbocycles. The summed E-state index contributed by atoms with van der Waals surface area (Å²) >= 11 is 0. The first-order valence-electron chi connectivity index (χ1n) is 7.43. The molecule has 1 atom stereocenters. The van der Waals surface area contributed by atoms with E-state index in [0.717, 1.165) is 18.4 Å². The van der Waals surface area contributed by atoms with Crippen LogP contribution in [0.5, 0.6) is 0 Å². The van der Waals surface area contributed by atoms with Crippen molar-refractivity contribution >= 4 is 12.1 Å². The number of benzene rings is 1. The number of carbonyl (C=O) groups excluding carboxylic acids is 1. The van der Waals surface area contributed by atoms with Gasteiger partial charge in [-0.1, -0.05) is 36.4 Å². The molecular weight excluding hydrogens is 282 g/mol. The monoisotopic (exact) mass is 303 g/mol. The molecule has 0 bridgehead atoms. The Labute approximate surface area is 130 Å². The van der Waals surface area contributed by atoms with Crippen LogP contribution in [0.25, 0.3) is 0 Å². The molecule has 1 aromatic carbocycles. The molecule has 1 amide bonds. The lowest BCUT2D eigenvalue weighted by atomic mass is 9.84. The highest BCUT2D eigenvalue weighted by Gasteiger charge is 2.47. The van der Waals surface area contributed by atoms with Crippen molar-refractivity contribution in [1.29, 1.82) is 0 Å². The molecule has 5 heteroatoms. The lowest BCUT2D eigenvalue weighted by Gasteiger charge is -2.42. The Bertz CT molecular complexity index is 543. The van der Waals surface area contributed by atoms with Gasteiger partial charge in [0.05, 0.1) is 0 Å². The number of carboxylic acids is 1. The number of carboxylic acid groups (broad SMARTS) is 1. The predicted molar refractivity (Wildman–Crippen MR) is 82.4 cm³/mol. The van der Waals surface area contributed by atoms with E-state index in [0.29, 0.717) is 13.0 Å². The van der Waals surface area contributed by atoms with E-state index in [9.17, 15) is 14.7 Å².